The lowest BCUT2D eigenvalue weighted by atomic mass is 10.1. The second kappa shape index (κ2) is 12.0. The number of nitrogens with zero attached hydrogens (tertiary/aromatic N) is 4. The molecule has 3 rings (SSSR count). The average molecular weight is 510 g/mol. The summed E-state index contributed by atoms with van der Waals surface area (Å²) in [6, 6.07) is 9.73. The van der Waals surface area contributed by atoms with E-state index in [0.29, 0.717) is 46.5 Å². The van der Waals surface area contributed by atoms with E-state index in [1.54, 1.807) is 30.3 Å². The van der Waals surface area contributed by atoms with Crippen molar-refractivity contribution in [3.05, 3.63) is 66.0 Å². The Kier molecular flexibility index (Phi) is 8.82. The molecule has 1 amide bonds. The number of benzene rings is 2. The van der Waals surface area contributed by atoms with E-state index in [4.69, 9.17) is 11.6 Å². The first-order valence-corrected chi connectivity index (χ1v) is 11.3. The Morgan fingerprint density at radius 1 is 1.06 bits per heavy atom. The first-order chi connectivity index (χ1) is 17.2. The number of likely N-dealkylation sites (N-methyl/N-ethyl adjacent to an activating group) is 2. The predicted octanol–water partition coefficient (Wildman–Crippen LogP) is 4.26. The van der Waals surface area contributed by atoms with Gasteiger partial charge in [-0.2, -0.15) is 0 Å². The van der Waals surface area contributed by atoms with Gasteiger partial charge in [0.05, 0.1) is 22.1 Å². The van der Waals surface area contributed by atoms with Crippen LogP contribution in [0.5, 0.6) is 5.75 Å². The van der Waals surface area contributed by atoms with Crippen LogP contribution in [0.15, 0.2) is 55.4 Å². The molecule has 1 heterocycles. The van der Waals surface area contributed by atoms with Crippen LogP contribution in [-0.4, -0.2) is 66.4 Å². The molecule has 11 heteroatoms. The summed E-state index contributed by atoms with van der Waals surface area (Å²) in [5, 5.41) is 18.8. The third-order valence-corrected chi connectivity index (χ3v) is 5.48. The van der Waals surface area contributed by atoms with Crippen LogP contribution < -0.4 is 20.9 Å². The lowest BCUT2D eigenvalue weighted by Crippen LogP contribution is -2.29. The summed E-state index contributed by atoms with van der Waals surface area (Å²) in [6.07, 6.45) is 3.28. The van der Waals surface area contributed by atoms with Gasteiger partial charge in [-0.15, -0.1) is 0 Å². The van der Waals surface area contributed by atoms with Crippen molar-refractivity contribution in [1.82, 2.24) is 14.9 Å². The molecule has 0 aliphatic heterocycles. The van der Waals surface area contributed by atoms with Crippen LogP contribution in [0, 0.1) is 0 Å². The number of carbonyl (C=O) groups is 2. The number of aromatic nitrogens is 2. The molecule has 1 aromatic heterocycles. The van der Waals surface area contributed by atoms with Crippen LogP contribution in [0.25, 0.3) is 0 Å². The van der Waals surface area contributed by atoms with Gasteiger partial charge in [-0.25, -0.2) is 9.97 Å². The number of aldehydes is 1. The SMILES string of the molecule is C=CC(=O)Nc1cc(Nc2cc(Nc3ccc(O)c(Cl)c3)ncn2)c(C=O)cc1N(C)CCN(C)C. The Balaban J connectivity index is 1.91. The van der Waals surface area contributed by atoms with Gasteiger partial charge in [-0.1, -0.05) is 18.2 Å². The molecule has 3 aromatic rings. The minimum atomic E-state index is -0.372. The average Bonchev–Trinajstić information content (AvgIpc) is 2.85. The van der Waals surface area contributed by atoms with Crippen LogP contribution in [0.1, 0.15) is 10.4 Å². The molecule has 4 N–H and O–H groups in total. The number of amides is 1. The number of aromatic hydroxyl groups is 1. The highest BCUT2D eigenvalue weighted by Gasteiger charge is 2.16. The maximum atomic E-state index is 12.1. The molecule has 10 nitrogen and oxygen atoms in total. The van der Waals surface area contributed by atoms with Gasteiger partial charge in [0, 0.05) is 37.5 Å². The number of carbonyl (C=O) groups excluding carboxylic acids is 2. The number of halogens is 1. The van der Waals surface area contributed by atoms with Gasteiger partial charge in [0.2, 0.25) is 5.91 Å². The van der Waals surface area contributed by atoms with Crippen LogP contribution in [0.3, 0.4) is 0 Å². The van der Waals surface area contributed by atoms with E-state index in [9.17, 15) is 14.7 Å². The summed E-state index contributed by atoms with van der Waals surface area (Å²) in [4.78, 5) is 36.5. The Hall–Kier alpha value is -4.15. The first-order valence-electron chi connectivity index (χ1n) is 11.0. The molecule has 0 radical (unpaired) electrons. The molecule has 0 unspecified atom stereocenters. The maximum Gasteiger partial charge on any atom is 0.247 e. The Morgan fingerprint density at radius 2 is 1.78 bits per heavy atom. The number of hydrogen-bond donors (Lipinski definition) is 4. The van der Waals surface area contributed by atoms with Gasteiger partial charge >= 0.3 is 0 Å². The number of phenols is 1. The van der Waals surface area contributed by atoms with Gasteiger partial charge < -0.3 is 30.9 Å². The highest BCUT2D eigenvalue weighted by atomic mass is 35.5. The monoisotopic (exact) mass is 509 g/mol. The van der Waals surface area contributed by atoms with E-state index in [2.05, 4.69) is 32.5 Å². The smallest absolute Gasteiger partial charge is 0.247 e. The molecule has 0 saturated carbocycles. The van der Waals surface area contributed by atoms with E-state index in [1.165, 1.54) is 18.5 Å². The summed E-state index contributed by atoms with van der Waals surface area (Å²) in [5.74, 6) is 0.476. The molecular weight excluding hydrogens is 482 g/mol. The number of hydrogen-bond acceptors (Lipinski definition) is 9. The van der Waals surface area contributed by atoms with Crippen molar-refractivity contribution in [2.75, 3.05) is 55.1 Å². The summed E-state index contributed by atoms with van der Waals surface area (Å²) < 4.78 is 0. The quantitative estimate of drug-likeness (QED) is 0.170. The lowest BCUT2D eigenvalue weighted by Gasteiger charge is -2.25. The lowest BCUT2D eigenvalue weighted by molar-refractivity contribution is -0.111. The van der Waals surface area contributed by atoms with Crippen LogP contribution in [0.2, 0.25) is 5.02 Å². The molecule has 0 atom stereocenters. The number of anilines is 6. The highest BCUT2D eigenvalue weighted by Crippen LogP contribution is 2.33. The second-order valence-electron chi connectivity index (χ2n) is 8.20. The van der Waals surface area contributed by atoms with Crippen molar-refractivity contribution in [3.63, 3.8) is 0 Å². The van der Waals surface area contributed by atoms with Crippen molar-refractivity contribution < 1.29 is 14.7 Å². The topological polar surface area (TPSA) is 123 Å². The van der Waals surface area contributed by atoms with Gasteiger partial charge in [-0.3, -0.25) is 9.59 Å². The fraction of sp³-hybridized carbons (Fsp3) is 0.200. The second-order valence-corrected chi connectivity index (χ2v) is 8.60. The van der Waals surface area contributed by atoms with Crippen LogP contribution >= 0.6 is 11.6 Å². The first kappa shape index (κ1) is 26.5. The zero-order valence-corrected chi connectivity index (χ0v) is 21.0. The largest absolute Gasteiger partial charge is 0.506 e. The molecule has 0 saturated heterocycles. The normalized spacial score (nSPS) is 10.6. The van der Waals surface area contributed by atoms with Crippen LogP contribution in [-0.2, 0) is 4.79 Å². The molecule has 36 heavy (non-hydrogen) atoms. The van der Waals surface area contributed by atoms with E-state index >= 15 is 0 Å². The van der Waals surface area contributed by atoms with Crippen molar-refractivity contribution in [2.45, 2.75) is 0 Å². The molecular formula is C25H28ClN7O3. The minimum absolute atomic E-state index is 0.0243. The van der Waals surface area contributed by atoms with E-state index < -0.39 is 0 Å². The Morgan fingerprint density at radius 3 is 2.42 bits per heavy atom. The molecule has 0 aliphatic carbocycles. The summed E-state index contributed by atoms with van der Waals surface area (Å²) in [5.41, 5.74) is 2.66. The molecule has 0 bridgehead atoms. The third kappa shape index (κ3) is 6.94. The maximum absolute atomic E-state index is 12.1. The van der Waals surface area contributed by atoms with Gasteiger partial charge in [-0.05, 0) is 50.5 Å². The third-order valence-electron chi connectivity index (χ3n) is 5.18. The zero-order chi connectivity index (χ0) is 26.2. The fourth-order valence-electron chi connectivity index (χ4n) is 3.24. The minimum Gasteiger partial charge on any atom is -0.506 e. The van der Waals surface area contributed by atoms with Crippen molar-refractivity contribution in [1.29, 1.82) is 0 Å². The molecule has 0 fully saturated rings. The standard InChI is InChI=1S/C25H28ClN7O3/c1-5-25(36)31-20-12-19(16(14-34)10-21(20)33(4)9-8-32(2)3)30-24-13-23(27-15-28-24)29-17-6-7-22(35)18(26)11-17/h5-7,10-15,35H,1,8-9H2,2-4H3,(H,31,36)(H2,27,28,29,30). The van der Waals surface area contributed by atoms with Gasteiger partial charge in [0.15, 0.2) is 6.29 Å². The molecule has 2 aromatic carbocycles. The highest BCUT2D eigenvalue weighted by molar-refractivity contribution is 6.32. The molecule has 0 aliphatic rings. The van der Waals surface area contributed by atoms with E-state index in [-0.39, 0.29) is 16.7 Å². The predicted molar refractivity (Wildman–Crippen MR) is 144 cm³/mol. The molecule has 0 spiro atoms. The number of nitrogens with one attached hydrogen (secondary N) is 3. The van der Waals surface area contributed by atoms with E-state index in [0.717, 1.165) is 12.8 Å². The number of phenolic OH excluding ortho intramolecular Hbond substituents is 1. The number of rotatable bonds is 11. The Bertz CT molecular complexity index is 1270. The van der Waals surface area contributed by atoms with Crippen molar-refractivity contribution in [2.24, 2.45) is 0 Å². The van der Waals surface area contributed by atoms with Crippen molar-refractivity contribution in [3.8, 4) is 5.75 Å². The summed E-state index contributed by atoms with van der Waals surface area (Å²) in [7, 11) is 5.83. The Labute approximate surface area is 214 Å². The van der Waals surface area contributed by atoms with Gasteiger partial charge in [0.1, 0.15) is 23.7 Å². The molecule has 188 valence electrons. The van der Waals surface area contributed by atoms with E-state index in [1.807, 2.05) is 30.9 Å². The van der Waals surface area contributed by atoms with Gasteiger partial charge in [0.25, 0.3) is 0 Å². The zero-order valence-electron chi connectivity index (χ0n) is 20.2. The fourth-order valence-corrected chi connectivity index (χ4v) is 3.43. The van der Waals surface area contributed by atoms with Crippen molar-refractivity contribution >= 4 is 58.2 Å². The summed E-state index contributed by atoms with van der Waals surface area (Å²) in [6.45, 7) is 4.98. The summed E-state index contributed by atoms with van der Waals surface area (Å²) >= 11 is 5.97. The van der Waals surface area contributed by atoms with Crippen LogP contribution in [0.4, 0.5) is 34.4 Å².